The highest BCUT2D eigenvalue weighted by atomic mass is 16.5. The van der Waals surface area contributed by atoms with Crippen molar-refractivity contribution in [2.45, 2.75) is 12.6 Å². The van der Waals surface area contributed by atoms with E-state index in [0.717, 1.165) is 35.4 Å². The average Bonchev–Trinajstić information content (AvgIpc) is 3.15. The highest BCUT2D eigenvalue weighted by Gasteiger charge is 2.25. The number of aryl methyl sites for hydroxylation is 1. The smallest absolute Gasteiger partial charge is 0.252 e. The number of nitrogens with one attached hydrogen (secondary N) is 1. The average molecular weight is 395 g/mol. The van der Waals surface area contributed by atoms with Crippen LogP contribution in [0.5, 0.6) is 0 Å². The van der Waals surface area contributed by atoms with Crippen LogP contribution in [0, 0.1) is 0 Å². The number of morpholine rings is 1. The van der Waals surface area contributed by atoms with Gasteiger partial charge in [-0.3, -0.25) is 14.4 Å². The van der Waals surface area contributed by atoms with Crippen LogP contribution >= 0.6 is 0 Å². The monoisotopic (exact) mass is 395 g/mol. The Kier molecular flexibility index (Phi) is 5.84. The van der Waals surface area contributed by atoms with Gasteiger partial charge in [0.1, 0.15) is 6.10 Å². The van der Waals surface area contributed by atoms with E-state index in [2.05, 4.69) is 15.3 Å². The second-order valence-electron chi connectivity index (χ2n) is 7.13. The number of carbonyl (C=O) groups excluding carboxylic acids is 1. The number of para-hydroxylation sites is 1. The van der Waals surface area contributed by atoms with Crippen LogP contribution in [-0.4, -0.2) is 63.5 Å². The van der Waals surface area contributed by atoms with E-state index < -0.39 is 0 Å². The van der Waals surface area contributed by atoms with Gasteiger partial charge in [-0.15, -0.1) is 0 Å². The van der Waals surface area contributed by atoms with Crippen molar-refractivity contribution in [3.05, 3.63) is 59.5 Å². The van der Waals surface area contributed by atoms with Crippen molar-refractivity contribution >= 4 is 16.8 Å². The van der Waals surface area contributed by atoms with Crippen molar-refractivity contribution in [1.82, 2.24) is 25.0 Å². The second-order valence-corrected chi connectivity index (χ2v) is 7.13. The molecule has 0 spiro atoms. The zero-order valence-corrected chi connectivity index (χ0v) is 16.4. The summed E-state index contributed by atoms with van der Waals surface area (Å²) in [5, 5.41) is 16.8. The second kappa shape index (κ2) is 8.69. The largest absolute Gasteiger partial charge is 0.395 e. The lowest BCUT2D eigenvalue weighted by Gasteiger charge is -2.32. The summed E-state index contributed by atoms with van der Waals surface area (Å²) in [5.41, 5.74) is 3.19. The van der Waals surface area contributed by atoms with E-state index >= 15 is 0 Å². The first-order valence-electron chi connectivity index (χ1n) is 9.75. The SMILES string of the molecule is Cn1nccc1CN1CCOC(c2cc(C(=O)NCCO)c3ccccc3n2)C1. The lowest BCUT2D eigenvalue weighted by Crippen LogP contribution is -2.38. The number of nitrogens with zero attached hydrogens (tertiary/aromatic N) is 4. The van der Waals surface area contributed by atoms with Crippen molar-refractivity contribution in [1.29, 1.82) is 0 Å². The number of aromatic nitrogens is 3. The van der Waals surface area contributed by atoms with Gasteiger partial charge < -0.3 is 15.2 Å². The summed E-state index contributed by atoms with van der Waals surface area (Å²) in [6.45, 7) is 3.02. The van der Waals surface area contributed by atoms with Gasteiger partial charge in [0, 0.05) is 44.8 Å². The molecule has 152 valence electrons. The van der Waals surface area contributed by atoms with E-state index in [9.17, 15) is 4.79 Å². The third-order valence-electron chi connectivity index (χ3n) is 5.17. The number of benzene rings is 1. The number of amides is 1. The molecule has 1 fully saturated rings. The first-order valence-corrected chi connectivity index (χ1v) is 9.75. The van der Waals surface area contributed by atoms with E-state index in [1.807, 2.05) is 48.1 Å². The molecule has 0 bridgehead atoms. The molecule has 4 rings (SSSR count). The molecule has 3 heterocycles. The minimum atomic E-state index is -0.221. The number of hydrogen-bond acceptors (Lipinski definition) is 6. The van der Waals surface area contributed by atoms with Crippen molar-refractivity contribution in [2.24, 2.45) is 7.05 Å². The first-order chi connectivity index (χ1) is 14.2. The Bertz CT molecular complexity index is 1000. The Morgan fingerprint density at radius 2 is 2.21 bits per heavy atom. The van der Waals surface area contributed by atoms with Crippen LogP contribution in [0.15, 0.2) is 42.6 Å². The molecule has 3 aromatic rings. The molecule has 29 heavy (non-hydrogen) atoms. The molecule has 0 saturated carbocycles. The lowest BCUT2D eigenvalue weighted by atomic mass is 10.0. The maximum absolute atomic E-state index is 12.7. The number of fused-ring (bicyclic) bond motifs is 1. The third kappa shape index (κ3) is 4.29. The van der Waals surface area contributed by atoms with Crippen LogP contribution in [0.25, 0.3) is 10.9 Å². The molecule has 1 atom stereocenters. The quantitative estimate of drug-likeness (QED) is 0.653. The standard InChI is InChI=1S/C21H25N5O3/c1-25-15(6-7-23-25)13-26-9-11-29-20(14-26)19-12-17(21(28)22-8-10-27)16-4-2-3-5-18(16)24-19/h2-7,12,20,27H,8-11,13-14H2,1H3,(H,22,28). The van der Waals surface area contributed by atoms with Gasteiger partial charge in [-0.25, -0.2) is 4.98 Å². The molecule has 1 aliphatic rings. The van der Waals surface area contributed by atoms with Gasteiger partial charge in [-0.2, -0.15) is 5.10 Å². The zero-order chi connectivity index (χ0) is 20.2. The number of aliphatic hydroxyl groups excluding tert-OH is 1. The molecule has 2 N–H and O–H groups in total. The number of carbonyl (C=O) groups is 1. The van der Waals surface area contributed by atoms with Crippen LogP contribution < -0.4 is 5.32 Å². The molecule has 1 saturated heterocycles. The van der Waals surface area contributed by atoms with Crippen molar-refractivity contribution in [3.8, 4) is 0 Å². The van der Waals surface area contributed by atoms with Crippen molar-refractivity contribution in [2.75, 3.05) is 32.8 Å². The minimum Gasteiger partial charge on any atom is -0.395 e. The van der Waals surface area contributed by atoms with Crippen LogP contribution in [-0.2, 0) is 18.3 Å². The zero-order valence-electron chi connectivity index (χ0n) is 16.4. The number of rotatable bonds is 6. The van der Waals surface area contributed by atoms with E-state index in [1.54, 1.807) is 6.20 Å². The molecular formula is C21H25N5O3. The summed E-state index contributed by atoms with van der Waals surface area (Å²) >= 11 is 0. The number of ether oxygens (including phenoxy) is 1. The molecule has 0 aliphatic carbocycles. The van der Waals surface area contributed by atoms with Crippen LogP contribution in [0.4, 0.5) is 0 Å². The van der Waals surface area contributed by atoms with Gasteiger partial charge in [-0.05, 0) is 18.2 Å². The molecule has 0 radical (unpaired) electrons. The van der Waals surface area contributed by atoms with Gasteiger partial charge in [-0.1, -0.05) is 18.2 Å². The molecule has 8 heteroatoms. The minimum absolute atomic E-state index is 0.101. The Labute approximate surface area is 169 Å². The van der Waals surface area contributed by atoms with E-state index in [-0.39, 0.29) is 25.2 Å². The summed E-state index contributed by atoms with van der Waals surface area (Å²) in [6.07, 6.45) is 1.58. The summed E-state index contributed by atoms with van der Waals surface area (Å²) in [6, 6.07) is 11.4. The van der Waals surface area contributed by atoms with Gasteiger partial charge in [0.2, 0.25) is 0 Å². The summed E-state index contributed by atoms with van der Waals surface area (Å²) in [5.74, 6) is -0.221. The molecule has 1 unspecified atom stereocenters. The fourth-order valence-corrected chi connectivity index (χ4v) is 3.62. The highest BCUT2D eigenvalue weighted by Crippen LogP contribution is 2.26. The highest BCUT2D eigenvalue weighted by molar-refractivity contribution is 6.06. The summed E-state index contributed by atoms with van der Waals surface area (Å²) < 4.78 is 7.89. The normalized spacial score (nSPS) is 17.5. The first kappa shape index (κ1) is 19.5. The molecule has 1 aromatic carbocycles. The summed E-state index contributed by atoms with van der Waals surface area (Å²) in [7, 11) is 1.94. The van der Waals surface area contributed by atoms with Gasteiger partial charge >= 0.3 is 0 Å². The topological polar surface area (TPSA) is 92.5 Å². The Balaban J connectivity index is 1.61. The maximum atomic E-state index is 12.7. The Morgan fingerprint density at radius 1 is 1.34 bits per heavy atom. The Hall–Kier alpha value is -2.81. The predicted molar refractivity (Wildman–Crippen MR) is 108 cm³/mol. The van der Waals surface area contributed by atoms with E-state index in [0.29, 0.717) is 18.7 Å². The van der Waals surface area contributed by atoms with Crippen molar-refractivity contribution < 1.29 is 14.6 Å². The molecule has 1 aliphatic heterocycles. The van der Waals surface area contributed by atoms with Gasteiger partial charge in [0.25, 0.3) is 5.91 Å². The number of hydrogen-bond donors (Lipinski definition) is 2. The fourth-order valence-electron chi connectivity index (χ4n) is 3.62. The predicted octanol–water partition coefficient (Wildman–Crippen LogP) is 1.26. The van der Waals surface area contributed by atoms with E-state index in [1.165, 1.54) is 0 Å². The third-order valence-corrected chi connectivity index (χ3v) is 5.17. The van der Waals surface area contributed by atoms with Crippen LogP contribution in [0.2, 0.25) is 0 Å². The maximum Gasteiger partial charge on any atom is 0.252 e. The van der Waals surface area contributed by atoms with Gasteiger partial charge in [0.05, 0.1) is 35.7 Å². The molecule has 1 amide bonds. The lowest BCUT2D eigenvalue weighted by molar-refractivity contribution is -0.0355. The molecule has 2 aromatic heterocycles. The number of aliphatic hydroxyl groups is 1. The van der Waals surface area contributed by atoms with Crippen LogP contribution in [0.3, 0.4) is 0 Å². The van der Waals surface area contributed by atoms with E-state index in [4.69, 9.17) is 14.8 Å². The van der Waals surface area contributed by atoms with Crippen molar-refractivity contribution in [3.63, 3.8) is 0 Å². The number of pyridine rings is 1. The molecule has 8 nitrogen and oxygen atoms in total. The summed E-state index contributed by atoms with van der Waals surface area (Å²) in [4.78, 5) is 19.7. The van der Waals surface area contributed by atoms with Gasteiger partial charge in [0.15, 0.2) is 0 Å². The molecular weight excluding hydrogens is 370 g/mol. The van der Waals surface area contributed by atoms with Crippen LogP contribution in [0.1, 0.15) is 27.8 Å². The fraction of sp³-hybridized carbons (Fsp3) is 0.381. The Morgan fingerprint density at radius 3 is 3.00 bits per heavy atom.